The maximum Gasteiger partial charge on any atom is 0.292 e. The average molecular weight is 780 g/mol. The minimum atomic E-state index is -0.381. The van der Waals surface area contributed by atoms with E-state index >= 15 is 0 Å². The van der Waals surface area contributed by atoms with E-state index in [0.717, 1.165) is 83.6 Å². The smallest absolute Gasteiger partial charge is 0.292 e. The zero-order valence-electron chi connectivity index (χ0n) is 33.4. The third-order valence-electron chi connectivity index (χ3n) is 11.3. The van der Waals surface area contributed by atoms with Crippen LogP contribution in [0.25, 0.3) is 27.9 Å². The van der Waals surface area contributed by atoms with Crippen molar-refractivity contribution < 1.29 is 18.9 Å². The van der Waals surface area contributed by atoms with Gasteiger partial charge in [-0.05, 0) is 104 Å². The van der Waals surface area contributed by atoms with E-state index in [2.05, 4.69) is 95.8 Å². The Balaban J connectivity index is 0.858. The number of hydrogen-bond acceptors (Lipinski definition) is 10. The topological polar surface area (TPSA) is 160 Å². The van der Waals surface area contributed by atoms with Crippen LogP contribution in [-0.4, -0.2) is 73.0 Å². The van der Waals surface area contributed by atoms with Gasteiger partial charge in [-0.1, -0.05) is 74.5 Å². The van der Waals surface area contributed by atoms with E-state index in [0.29, 0.717) is 31.2 Å². The molecule has 1 unspecified atom stereocenters. The van der Waals surface area contributed by atoms with Crippen molar-refractivity contribution in [3.8, 4) is 22.4 Å². The van der Waals surface area contributed by atoms with Crippen LogP contribution in [0.1, 0.15) is 91.1 Å². The summed E-state index contributed by atoms with van der Waals surface area (Å²) < 4.78 is 7.17. The molecular formula is C45H49N9O4. The number of carbonyl (C=O) groups is 3. The Kier molecular flexibility index (Phi) is 10.9. The predicted molar refractivity (Wildman–Crippen MR) is 221 cm³/mol. The summed E-state index contributed by atoms with van der Waals surface area (Å²) in [5, 5.41) is 17.0. The van der Waals surface area contributed by atoms with Crippen LogP contribution >= 0.6 is 0 Å². The highest BCUT2D eigenvalue weighted by Gasteiger charge is 2.27. The number of nitrogens with one attached hydrogen (secondary N) is 3. The summed E-state index contributed by atoms with van der Waals surface area (Å²) in [5.74, 6) is 0.124. The van der Waals surface area contributed by atoms with E-state index < -0.39 is 0 Å². The van der Waals surface area contributed by atoms with Crippen molar-refractivity contribution in [1.29, 1.82) is 0 Å². The van der Waals surface area contributed by atoms with Crippen LogP contribution in [0.2, 0.25) is 0 Å². The van der Waals surface area contributed by atoms with Gasteiger partial charge in [-0.3, -0.25) is 19.7 Å². The third-order valence-corrected chi connectivity index (χ3v) is 11.3. The van der Waals surface area contributed by atoms with Gasteiger partial charge >= 0.3 is 0 Å². The van der Waals surface area contributed by atoms with Gasteiger partial charge in [0.15, 0.2) is 0 Å². The first-order chi connectivity index (χ1) is 28.0. The number of piperidine rings is 2. The van der Waals surface area contributed by atoms with Gasteiger partial charge in [0.25, 0.3) is 11.7 Å². The van der Waals surface area contributed by atoms with Gasteiger partial charge in [0, 0.05) is 47.9 Å². The third kappa shape index (κ3) is 8.69. The Labute approximate surface area is 337 Å². The van der Waals surface area contributed by atoms with Crippen LogP contribution in [-0.2, 0) is 28.0 Å². The van der Waals surface area contributed by atoms with Gasteiger partial charge in [-0.25, -0.2) is 9.50 Å². The Morgan fingerprint density at radius 3 is 2.50 bits per heavy atom. The number of imide groups is 1. The van der Waals surface area contributed by atoms with Crippen LogP contribution in [0.5, 0.6) is 0 Å². The van der Waals surface area contributed by atoms with Crippen LogP contribution < -0.4 is 16.0 Å². The summed E-state index contributed by atoms with van der Waals surface area (Å²) in [5.41, 5.74) is 10.1. The van der Waals surface area contributed by atoms with Crippen molar-refractivity contribution in [1.82, 2.24) is 40.3 Å². The quantitative estimate of drug-likeness (QED) is 0.122. The number of nitrogens with zero attached hydrogens (tertiary/aromatic N) is 6. The van der Waals surface area contributed by atoms with Crippen molar-refractivity contribution in [3.05, 3.63) is 119 Å². The average Bonchev–Trinajstić information content (AvgIpc) is 3.91. The summed E-state index contributed by atoms with van der Waals surface area (Å²) in [6.45, 7) is 11.3. The molecule has 3 aromatic heterocycles. The molecule has 2 fully saturated rings. The molecule has 298 valence electrons. The van der Waals surface area contributed by atoms with E-state index in [-0.39, 0.29) is 35.0 Å². The second-order valence-electron chi connectivity index (χ2n) is 16.5. The molecule has 0 radical (unpaired) electrons. The first-order valence-electron chi connectivity index (χ1n) is 20.0. The van der Waals surface area contributed by atoms with Crippen LogP contribution in [0.4, 0.5) is 5.69 Å². The number of fused-ring (bicyclic) bond motifs is 1. The van der Waals surface area contributed by atoms with Crippen LogP contribution in [0.15, 0.2) is 89.8 Å². The molecular weight excluding hydrogens is 731 g/mol. The molecule has 1 atom stereocenters. The number of carbonyl (C=O) groups excluding carboxylic acids is 3. The maximum atomic E-state index is 12.7. The molecule has 3 amide bonds. The summed E-state index contributed by atoms with van der Waals surface area (Å²) in [7, 11) is 0. The SMILES string of the molecule is Cc1cc(-c2ncnn3cc(-c4cccc(CCN5CCC(c6ccc(NC7CCC(=O)NC7=O)cc6)CC5)c4)cc23)ccc1CNC(=O)c1noc(C(C)(C)C)n1. The zero-order valence-corrected chi connectivity index (χ0v) is 33.4. The summed E-state index contributed by atoms with van der Waals surface area (Å²) in [4.78, 5) is 47.9. The molecule has 0 aliphatic carbocycles. The molecule has 0 spiro atoms. The van der Waals surface area contributed by atoms with E-state index in [9.17, 15) is 14.4 Å². The molecule has 0 saturated carbocycles. The first-order valence-corrected chi connectivity index (χ1v) is 20.0. The number of amides is 3. The Bertz CT molecular complexity index is 2460. The summed E-state index contributed by atoms with van der Waals surface area (Å²) in [6, 6.07) is 25.1. The van der Waals surface area contributed by atoms with Gasteiger partial charge in [0.2, 0.25) is 17.7 Å². The lowest BCUT2D eigenvalue weighted by Crippen LogP contribution is -2.47. The second-order valence-corrected chi connectivity index (χ2v) is 16.5. The van der Waals surface area contributed by atoms with Gasteiger partial charge in [-0.15, -0.1) is 0 Å². The van der Waals surface area contributed by atoms with Gasteiger partial charge in [0.1, 0.15) is 12.4 Å². The fraction of sp³-hybridized carbons (Fsp3) is 0.356. The van der Waals surface area contributed by atoms with Gasteiger partial charge < -0.3 is 20.1 Å². The summed E-state index contributed by atoms with van der Waals surface area (Å²) >= 11 is 0. The lowest BCUT2D eigenvalue weighted by Gasteiger charge is -2.32. The number of benzene rings is 3. The highest BCUT2D eigenvalue weighted by atomic mass is 16.5. The monoisotopic (exact) mass is 779 g/mol. The Morgan fingerprint density at radius 2 is 1.76 bits per heavy atom. The number of aryl methyl sites for hydroxylation is 1. The molecule has 8 rings (SSSR count). The lowest BCUT2D eigenvalue weighted by atomic mass is 9.89. The fourth-order valence-electron chi connectivity index (χ4n) is 7.79. The zero-order chi connectivity index (χ0) is 40.4. The first kappa shape index (κ1) is 38.7. The second kappa shape index (κ2) is 16.3. The van der Waals surface area contributed by atoms with E-state index in [1.54, 1.807) is 6.33 Å². The molecule has 13 heteroatoms. The lowest BCUT2D eigenvalue weighted by molar-refractivity contribution is -0.133. The number of hydrogen-bond donors (Lipinski definition) is 3. The van der Waals surface area contributed by atoms with Crippen LogP contribution in [0.3, 0.4) is 0 Å². The largest absolute Gasteiger partial charge is 0.374 e. The standard InChI is InChI=1S/C45H49N9O4/c1-28-22-33(8-9-34(28)25-46-43(57)41-51-44(58-52-41)45(2,3)4)40-38-24-35(26-54(38)48-27-47-40)32-7-5-6-29(23-32)16-19-53-20-17-31(18-21-53)30-10-12-36(13-11-30)49-37-14-15-39(55)50-42(37)56/h5-13,22-24,26-27,31,37,49H,14-21,25H2,1-4H3,(H,46,57)(H,50,55,56). The van der Waals surface area contributed by atoms with Gasteiger partial charge in [-0.2, -0.15) is 10.1 Å². The van der Waals surface area contributed by atoms with E-state index in [1.165, 1.54) is 11.1 Å². The minimum absolute atomic E-state index is 0.0256. The molecule has 58 heavy (non-hydrogen) atoms. The number of anilines is 1. The molecule has 5 heterocycles. The number of rotatable bonds is 11. The van der Waals surface area contributed by atoms with E-state index in [4.69, 9.17) is 4.52 Å². The minimum Gasteiger partial charge on any atom is -0.374 e. The molecule has 2 aliphatic heterocycles. The molecule has 13 nitrogen and oxygen atoms in total. The number of aromatic nitrogens is 5. The highest BCUT2D eigenvalue weighted by molar-refractivity contribution is 6.01. The van der Waals surface area contributed by atoms with Crippen molar-refractivity contribution in [3.63, 3.8) is 0 Å². The van der Waals surface area contributed by atoms with Crippen molar-refractivity contribution in [2.45, 2.75) is 83.7 Å². The fourth-order valence-corrected chi connectivity index (χ4v) is 7.79. The van der Waals surface area contributed by atoms with Crippen molar-refractivity contribution in [2.24, 2.45) is 0 Å². The molecule has 2 aliphatic rings. The van der Waals surface area contributed by atoms with Gasteiger partial charge in [0.05, 0.1) is 11.2 Å². The van der Waals surface area contributed by atoms with E-state index in [1.807, 2.05) is 56.5 Å². The van der Waals surface area contributed by atoms with Crippen LogP contribution in [0, 0.1) is 6.92 Å². The Hall–Kier alpha value is -6.21. The van der Waals surface area contributed by atoms with Crippen molar-refractivity contribution >= 4 is 28.9 Å². The maximum absolute atomic E-state index is 12.7. The Morgan fingerprint density at radius 1 is 0.948 bits per heavy atom. The summed E-state index contributed by atoms with van der Waals surface area (Å²) in [6.07, 6.45) is 7.71. The normalized spacial score (nSPS) is 16.7. The molecule has 3 N–H and O–H groups in total. The molecule has 2 saturated heterocycles. The number of likely N-dealkylation sites (tertiary alicyclic amines) is 1. The molecule has 3 aromatic carbocycles. The predicted octanol–water partition coefficient (Wildman–Crippen LogP) is 6.62. The molecule has 0 bridgehead atoms. The molecule has 6 aromatic rings. The highest BCUT2D eigenvalue weighted by Crippen LogP contribution is 2.32. The van der Waals surface area contributed by atoms with Crippen molar-refractivity contribution in [2.75, 3.05) is 25.0 Å².